The van der Waals surface area contributed by atoms with Gasteiger partial charge < -0.3 is 10.2 Å². The number of nitrogens with zero attached hydrogens (tertiary/aromatic N) is 2. The predicted molar refractivity (Wildman–Crippen MR) is 133 cm³/mol. The van der Waals surface area contributed by atoms with Gasteiger partial charge in [0.25, 0.3) is 0 Å². The zero-order valence-corrected chi connectivity index (χ0v) is 19.2. The van der Waals surface area contributed by atoms with E-state index >= 15 is 0 Å². The van der Waals surface area contributed by atoms with Crippen LogP contribution in [-0.4, -0.2) is 41.5 Å². The molecule has 2 amide bonds. The summed E-state index contributed by atoms with van der Waals surface area (Å²) in [5, 5.41) is 3.23. The van der Waals surface area contributed by atoms with E-state index in [2.05, 4.69) is 100 Å². The molecule has 0 saturated carbocycles. The molecule has 33 heavy (non-hydrogen) atoms. The van der Waals surface area contributed by atoms with Gasteiger partial charge >= 0.3 is 6.03 Å². The van der Waals surface area contributed by atoms with Gasteiger partial charge in [0, 0.05) is 32.2 Å². The molecule has 170 valence electrons. The van der Waals surface area contributed by atoms with Crippen molar-refractivity contribution in [3.8, 4) is 0 Å². The van der Waals surface area contributed by atoms with Gasteiger partial charge in [-0.3, -0.25) is 4.90 Å². The molecule has 1 atom stereocenters. The van der Waals surface area contributed by atoms with Crippen molar-refractivity contribution in [3.05, 3.63) is 107 Å². The maximum absolute atomic E-state index is 13.6. The Hall–Kier alpha value is -3.11. The van der Waals surface area contributed by atoms with Crippen LogP contribution in [0.1, 0.15) is 47.6 Å². The second-order valence-electron chi connectivity index (χ2n) is 9.25. The van der Waals surface area contributed by atoms with Crippen LogP contribution in [0.15, 0.2) is 84.9 Å². The van der Waals surface area contributed by atoms with Crippen molar-refractivity contribution in [1.29, 1.82) is 0 Å². The van der Waals surface area contributed by atoms with E-state index in [4.69, 9.17) is 0 Å². The van der Waals surface area contributed by atoms with Gasteiger partial charge in [0.2, 0.25) is 0 Å². The number of piperidine rings is 1. The van der Waals surface area contributed by atoms with Crippen molar-refractivity contribution < 1.29 is 4.79 Å². The lowest BCUT2D eigenvalue weighted by atomic mass is 9.89. The smallest absolute Gasteiger partial charge is 0.318 e. The Balaban J connectivity index is 1.44. The SMILES string of the molecule is O=C1NCCCc2ccccc2C(c2ccccc2)N1C1CCN(Cc2ccccc2)CC1. The van der Waals surface area contributed by atoms with E-state index in [1.165, 1.54) is 22.3 Å². The van der Waals surface area contributed by atoms with E-state index in [-0.39, 0.29) is 18.1 Å². The summed E-state index contributed by atoms with van der Waals surface area (Å²) in [7, 11) is 0. The molecule has 5 rings (SSSR count). The first-order valence-electron chi connectivity index (χ1n) is 12.2. The van der Waals surface area contributed by atoms with Crippen LogP contribution >= 0.6 is 0 Å². The standard InChI is InChI=1S/C29H33N3O/c33-29-30-19-9-15-24-12-7-8-16-27(24)28(25-13-5-2-6-14-25)32(29)26-17-20-31(21-18-26)22-23-10-3-1-4-11-23/h1-8,10-14,16,26,28H,9,15,17-22H2,(H,30,33). The van der Waals surface area contributed by atoms with Gasteiger partial charge in [-0.15, -0.1) is 0 Å². The molecular weight excluding hydrogens is 406 g/mol. The lowest BCUT2D eigenvalue weighted by Crippen LogP contribution is -2.52. The Morgan fingerprint density at radius 3 is 2.24 bits per heavy atom. The van der Waals surface area contributed by atoms with Crippen LogP contribution in [0.3, 0.4) is 0 Å². The summed E-state index contributed by atoms with van der Waals surface area (Å²) in [4.78, 5) is 18.3. The maximum atomic E-state index is 13.6. The Morgan fingerprint density at radius 1 is 0.818 bits per heavy atom. The molecule has 0 aliphatic carbocycles. The summed E-state index contributed by atoms with van der Waals surface area (Å²) in [5.74, 6) is 0. The molecule has 0 radical (unpaired) electrons. The number of benzene rings is 3. The van der Waals surface area contributed by atoms with Crippen molar-refractivity contribution in [1.82, 2.24) is 15.1 Å². The van der Waals surface area contributed by atoms with E-state index in [0.29, 0.717) is 0 Å². The third-order valence-corrected chi connectivity index (χ3v) is 7.08. The number of nitrogens with one attached hydrogen (secondary N) is 1. The summed E-state index contributed by atoms with van der Waals surface area (Å²) in [6.45, 7) is 3.71. The van der Waals surface area contributed by atoms with Crippen molar-refractivity contribution in [2.45, 2.75) is 44.3 Å². The molecule has 1 N–H and O–H groups in total. The van der Waals surface area contributed by atoms with Crippen LogP contribution in [0, 0.1) is 0 Å². The molecule has 0 bridgehead atoms. The third-order valence-electron chi connectivity index (χ3n) is 7.08. The molecule has 1 saturated heterocycles. The molecule has 3 aromatic rings. The second kappa shape index (κ2) is 10.2. The molecule has 0 aromatic heterocycles. The van der Waals surface area contributed by atoms with Gasteiger partial charge in [0.05, 0.1) is 6.04 Å². The molecule has 2 heterocycles. The predicted octanol–water partition coefficient (Wildman–Crippen LogP) is 5.40. The van der Waals surface area contributed by atoms with E-state index in [1.807, 2.05) is 0 Å². The second-order valence-corrected chi connectivity index (χ2v) is 9.25. The molecular formula is C29H33N3O. The van der Waals surface area contributed by atoms with E-state index in [1.54, 1.807) is 0 Å². The summed E-state index contributed by atoms with van der Waals surface area (Å²) in [6, 6.07) is 30.2. The third kappa shape index (κ3) is 4.96. The number of carbonyl (C=O) groups excluding carboxylic acids is 1. The molecule has 4 heteroatoms. The number of carbonyl (C=O) groups is 1. The van der Waals surface area contributed by atoms with Crippen LogP contribution in [-0.2, 0) is 13.0 Å². The Kier molecular flexibility index (Phi) is 6.73. The molecule has 4 nitrogen and oxygen atoms in total. The number of rotatable bonds is 4. The quantitative estimate of drug-likeness (QED) is 0.591. The molecule has 2 aliphatic heterocycles. The number of likely N-dealkylation sites (tertiary alicyclic amines) is 1. The number of amides is 2. The highest BCUT2D eigenvalue weighted by Gasteiger charge is 2.36. The van der Waals surface area contributed by atoms with E-state index < -0.39 is 0 Å². The minimum Gasteiger partial charge on any atom is -0.338 e. The number of hydrogen-bond donors (Lipinski definition) is 1. The van der Waals surface area contributed by atoms with E-state index in [9.17, 15) is 4.79 Å². The lowest BCUT2D eigenvalue weighted by molar-refractivity contribution is 0.101. The fourth-order valence-electron chi connectivity index (χ4n) is 5.41. The Bertz CT molecular complexity index is 1040. The van der Waals surface area contributed by atoms with Gasteiger partial charge in [-0.05, 0) is 47.9 Å². The van der Waals surface area contributed by atoms with Gasteiger partial charge in [0.15, 0.2) is 0 Å². The number of urea groups is 1. The summed E-state index contributed by atoms with van der Waals surface area (Å²) in [5.41, 5.74) is 5.17. The minimum atomic E-state index is -0.0637. The minimum absolute atomic E-state index is 0.0637. The van der Waals surface area contributed by atoms with Crippen LogP contribution in [0.2, 0.25) is 0 Å². The fraction of sp³-hybridized carbons (Fsp3) is 0.345. The Labute approximate surface area is 197 Å². The zero-order chi connectivity index (χ0) is 22.5. The van der Waals surface area contributed by atoms with Gasteiger partial charge in [-0.25, -0.2) is 4.79 Å². The number of fused-ring (bicyclic) bond motifs is 1. The molecule has 3 aromatic carbocycles. The highest BCUT2D eigenvalue weighted by Crippen LogP contribution is 2.36. The summed E-state index contributed by atoms with van der Waals surface area (Å²) >= 11 is 0. The van der Waals surface area contributed by atoms with Crippen LogP contribution < -0.4 is 5.32 Å². The molecule has 0 spiro atoms. The maximum Gasteiger partial charge on any atom is 0.318 e. The van der Waals surface area contributed by atoms with Gasteiger partial charge in [0.1, 0.15) is 0 Å². The van der Waals surface area contributed by atoms with Crippen LogP contribution in [0.4, 0.5) is 4.79 Å². The largest absolute Gasteiger partial charge is 0.338 e. The first-order chi connectivity index (χ1) is 16.3. The summed E-state index contributed by atoms with van der Waals surface area (Å²) < 4.78 is 0. The average molecular weight is 440 g/mol. The zero-order valence-electron chi connectivity index (χ0n) is 19.2. The summed E-state index contributed by atoms with van der Waals surface area (Å²) in [6.07, 6.45) is 3.94. The average Bonchev–Trinajstić information content (AvgIpc) is 2.94. The van der Waals surface area contributed by atoms with Crippen molar-refractivity contribution >= 4 is 6.03 Å². The highest BCUT2D eigenvalue weighted by atomic mass is 16.2. The number of aryl methyl sites for hydroxylation is 1. The normalized spacial score (nSPS) is 20.3. The molecule has 1 fully saturated rings. The molecule has 1 unspecified atom stereocenters. The van der Waals surface area contributed by atoms with Crippen molar-refractivity contribution in [2.24, 2.45) is 0 Å². The van der Waals surface area contributed by atoms with Crippen molar-refractivity contribution in [3.63, 3.8) is 0 Å². The monoisotopic (exact) mass is 439 g/mol. The lowest BCUT2D eigenvalue weighted by Gasteiger charge is -2.43. The first kappa shape index (κ1) is 21.7. The van der Waals surface area contributed by atoms with Crippen LogP contribution in [0.5, 0.6) is 0 Å². The van der Waals surface area contributed by atoms with Gasteiger partial charge in [-0.1, -0.05) is 84.9 Å². The van der Waals surface area contributed by atoms with E-state index in [0.717, 1.165) is 51.9 Å². The highest BCUT2D eigenvalue weighted by molar-refractivity contribution is 5.76. The number of hydrogen-bond acceptors (Lipinski definition) is 2. The fourth-order valence-corrected chi connectivity index (χ4v) is 5.41. The Morgan fingerprint density at radius 2 is 1.48 bits per heavy atom. The first-order valence-corrected chi connectivity index (χ1v) is 12.2. The molecule has 2 aliphatic rings. The van der Waals surface area contributed by atoms with Gasteiger partial charge in [-0.2, -0.15) is 0 Å². The topological polar surface area (TPSA) is 35.6 Å². The van der Waals surface area contributed by atoms with Crippen molar-refractivity contribution in [2.75, 3.05) is 19.6 Å². The van der Waals surface area contributed by atoms with Crippen LogP contribution in [0.25, 0.3) is 0 Å².